The molecule has 18 heavy (non-hydrogen) atoms. The fourth-order valence-electron chi connectivity index (χ4n) is 2.02. The van der Waals surface area contributed by atoms with Crippen molar-refractivity contribution in [2.24, 2.45) is 7.05 Å². The van der Waals surface area contributed by atoms with Gasteiger partial charge in [0.15, 0.2) is 0 Å². The lowest BCUT2D eigenvalue weighted by molar-refractivity contribution is 0.398. The largest absolute Gasteiger partial charge is 0.479 e. The van der Waals surface area contributed by atoms with E-state index in [1.54, 1.807) is 18.0 Å². The molecule has 0 aliphatic carbocycles. The molecule has 0 radical (unpaired) electrons. The smallest absolute Gasteiger partial charge is 0.244 e. The van der Waals surface area contributed by atoms with Crippen LogP contribution in [-0.4, -0.2) is 27.1 Å². The Morgan fingerprint density at radius 3 is 2.67 bits per heavy atom. The summed E-state index contributed by atoms with van der Waals surface area (Å²) in [7, 11) is 3.47. The Morgan fingerprint density at radius 1 is 1.17 bits per heavy atom. The van der Waals surface area contributed by atoms with Crippen LogP contribution in [0, 0.1) is 0 Å². The lowest BCUT2D eigenvalue weighted by Gasteiger charge is -2.01. The van der Waals surface area contributed by atoms with Gasteiger partial charge in [0.05, 0.1) is 24.2 Å². The Labute approximate surface area is 104 Å². The molecule has 5 heteroatoms. The number of nitrogens with zero attached hydrogens (tertiary/aromatic N) is 4. The number of hydrogen-bond acceptors (Lipinski definition) is 4. The van der Waals surface area contributed by atoms with Crippen LogP contribution in [0.15, 0.2) is 36.5 Å². The van der Waals surface area contributed by atoms with E-state index in [9.17, 15) is 0 Å². The van der Waals surface area contributed by atoms with Crippen molar-refractivity contribution in [3.63, 3.8) is 0 Å². The standard InChI is InChI=1S/C13H12N4O/c1-17-10-8-14-15-13(18-2)11(10)12(16-17)9-6-4-3-5-7-9/h3-8H,1-2H3. The number of fused-ring (bicyclic) bond motifs is 1. The van der Waals surface area contributed by atoms with Crippen LogP contribution in [0.3, 0.4) is 0 Å². The Hall–Kier alpha value is -2.43. The molecule has 3 aromatic rings. The van der Waals surface area contributed by atoms with Gasteiger partial charge in [-0.2, -0.15) is 10.2 Å². The number of hydrogen-bond donors (Lipinski definition) is 0. The summed E-state index contributed by atoms with van der Waals surface area (Å²) in [5.41, 5.74) is 2.80. The summed E-state index contributed by atoms with van der Waals surface area (Å²) in [6, 6.07) is 9.98. The number of benzene rings is 1. The fraction of sp³-hybridized carbons (Fsp3) is 0.154. The van der Waals surface area contributed by atoms with E-state index in [2.05, 4.69) is 15.3 Å². The van der Waals surface area contributed by atoms with Crippen molar-refractivity contribution >= 4 is 10.9 Å². The molecule has 0 atom stereocenters. The summed E-state index contributed by atoms with van der Waals surface area (Å²) in [6.07, 6.45) is 1.69. The molecule has 0 saturated heterocycles. The maximum atomic E-state index is 5.28. The number of ether oxygens (including phenoxy) is 1. The molecule has 2 aromatic heterocycles. The molecule has 1 aromatic carbocycles. The molecule has 0 N–H and O–H groups in total. The zero-order valence-corrected chi connectivity index (χ0v) is 10.2. The van der Waals surface area contributed by atoms with E-state index in [-0.39, 0.29) is 0 Å². The minimum atomic E-state index is 0.499. The molecule has 0 aliphatic heterocycles. The van der Waals surface area contributed by atoms with Crippen LogP contribution in [0.4, 0.5) is 0 Å². The van der Waals surface area contributed by atoms with Gasteiger partial charge in [-0.3, -0.25) is 4.68 Å². The average Bonchev–Trinajstić information content (AvgIpc) is 2.77. The minimum absolute atomic E-state index is 0.499. The number of aromatic nitrogens is 4. The van der Waals surface area contributed by atoms with Crippen molar-refractivity contribution in [3.05, 3.63) is 36.5 Å². The monoisotopic (exact) mass is 240 g/mol. The van der Waals surface area contributed by atoms with Crippen LogP contribution in [0.25, 0.3) is 22.2 Å². The van der Waals surface area contributed by atoms with Gasteiger partial charge in [0.1, 0.15) is 5.69 Å². The summed E-state index contributed by atoms with van der Waals surface area (Å²) in [5.74, 6) is 0.499. The van der Waals surface area contributed by atoms with Crippen LogP contribution < -0.4 is 4.74 Å². The van der Waals surface area contributed by atoms with Crippen molar-refractivity contribution in [2.75, 3.05) is 7.11 Å². The Balaban J connectivity index is 2.37. The highest BCUT2D eigenvalue weighted by molar-refractivity contribution is 5.96. The highest BCUT2D eigenvalue weighted by atomic mass is 16.5. The lowest BCUT2D eigenvalue weighted by atomic mass is 10.1. The number of rotatable bonds is 2. The summed E-state index contributed by atoms with van der Waals surface area (Å²) in [6.45, 7) is 0. The molecule has 5 nitrogen and oxygen atoms in total. The first-order valence-corrected chi connectivity index (χ1v) is 5.59. The van der Waals surface area contributed by atoms with Crippen LogP contribution in [0.2, 0.25) is 0 Å². The van der Waals surface area contributed by atoms with E-state index in [0.717, 1.165) is 22.2 Å². The van der Waals surface area contributed by atoms with Crippen molar-refractivity contribution in [3.8, 4) is 17.1 Å². The minimum Gasteiger partial charge on any atom is -0.479 e. The first kappa shape index (κ1) is 10.7. The predicted molar refractivity (Wildman–Crippen MR) is 68.3 cm³/mol. The molecular weight excluding hydrogens is 228 g/mol. The molecule has 0 aliphatic rings. The van der Waals surface area contributed by atoms with E-state index in [0.29, 0.717) is 5.88 Å². The molecule has 0 unspecified atom stereocenters. The predicted octanol–water partition coefficient (Wildman–Crippen LogP) is 2.04. The number of methoxy groups -OCH3 is 1. The van der Waals surface area contributed by atoms with Gasteiger partial charge >= 0.3 is 0 Å². The molecule has 0 saturated carbocycles. The average molecular weight is 240 g/mol. The third-order valence-corrected chi connectivity index (χ3v) is 2.87. The molecule has 2 heterocycles. The topological polar surface area (TPSA) is 52.8 Å². The van der Waals surface area contributed by atoms with E-state index in [1.807, 2.05) is 37.4 Å². The second kappa shape index (κ2) is 4.10. The van der Waals surface area contributed by atoms with Crippen LogP contribution in [-0.2, 0) is 7.05 Å². The summed E-state index contributed by atoms with van der Waals surface area (Å²) < 4.78 is 7.06. The van der Waals surface area contributed by atoms with Gasteiger partial charge in [0.25, 0.3) is 0 Å². The van der Waals surface area contributed by atoms with E-state index in [1.165, 1.54) is 0 Å². The van der Waals surface area contributed by atoms with Gasteiger partial charge in [-0.1, -0.05) is 30.3 Å². The van der Waals surface area contributed by atoms with Crippen molar-refractivity contribution in [1.82, 2.24) is 20.0 Å². The van der Waals surface area contributed by atoms with Crippen LogP contribution in [0.5, 0.6) is 5.88 Å². The summed E-state index contributed by atoms with van der Waals surface area (Å²) >= 11 is 0. The van der Waals surface area contributed by atoms with Gasteiger partial charge in [0.2, 0.25) is 5.88 Å². The molecule has 0 bridgehead atoms. The van der Waals surface area contributed by atoms with Gasteiger partial charge in [-0.25, -0.2) is 0 Å². The molecule has 0 spiro atoms. The zero-order valence-electron chi connectivity index (χ0n) is 10.2. The van der Waals surface area contributed by atoms with E-state index < -0.39 is 0 Å². The first-order chi connectivity index (χ1) is 8.81. The molecular formula is C13H12N4O. The maximum Gasteiger partial charge on any atom is 0.244 e. The highest BCUT2D eigenvalue weighted by Gasteiger charge is 2.16. The Kier molecular flexibility index (Phi) is 2.44. The van der Waals surface area contributed by atoms with E-state index in [4.69, 9.17) is 4.74 Å². The Bertz CT molecular complexity index is 691. The maximum absolute atomic E-state index is 5.28. The van der Waals surface area contributed by atoms with Crippen LogP contribution >= 0.6 is 0 Å². The second-order valence-electron chi connectivity index (χ2n) is 3.95. The van der Waals surface area contributed by atoms with Crippen molar-refractivity contribution in [2.45, 2.75) is 0 Å². The normalized spacial score (nSPS) is 10.8. The summed E-state index contributed by atoms with van der Waals surface area (Å²) in [4.78, 5) is 0. The Morgan fingerprint density at radius 2 is 1.94 bits per heavy atom. The van der Waals surface area contributed by atoms with Gasteiger partial charge < -0.3 is 4.74 Å². The molecule has 0 fully saturated rings. The molecule has 3 rings (SSSR count). The molecule has 90 valence electrons. The van der Waals surface area contributed by atoms with Gasteiger partial charge in [0, 0.05) is 12.6 Å². The second-order valence-corrected chi connectivity index (χ2v) is 3.95. The quantitative estimate of drug-likeness (QED) is 0.687. The molecule has 0 amide bonds. The fourth-order valence-corrected chi connectivity index (χ4v) is 2.02. The third-order valence-electron chi connectivity index (χ3n) is 2.87. The SMILES string of the molecule is COc1nncc2c1c(-c1ccccc1)nn2C. The lowest BCUT2D eigenvalue weighted by Crippen LogP contribution is -1.93. The number of aryl methyl sites for hydroxylation is 1. The highest BCUT2D eigenvalue weighted by Crippen LogP contribution is 2.32. The summed E-state index contributed by atoms with van der Waals surface area (Å²) in [5, 5.41) is 13.3. The van der Waals surface area contributed by atoms with Crippen molar-refractivity contribution in [1.29, 1.82) is 0 Å². The van der Waals surface area contributed by atoms with Gasteiger partial charge in [-0.05, 0) is 0 Å². The first-order valence-electron chi connectivity index (χ1n) is 5.59. The van der Waals surface area contributed by atoms with Crippen LogP contribution in [0.1, 0.15) is 0 Å². The van der Waals surface area contributed by atoms with Gasteiger partial charge in [-0.15, -0.1) is 5.10 Å². The van der Waals surface area contributed by atoms with Crippen molar-refractivity contribution < 1.29 is 4.74 Å². The van der Waals surface area contributed by atoms with E-state index >= 15 is 0 Å². The third kappa shape index (κ3) is 1.52. The zero-order chi connectivity index (χ0) is 12.5.